The van der Waals surface area contributed by atoms with Crippen molar-refractivity contribution < 1.29 is 19.0 Å². The molecule has 0 amide bonds. The van der Waals surface area contributed by atoms with Crippen LogP contribution in [0.2, 0.25) is 0 Å². The Hall–Kier alpha value is -3.15. The van der Waals surface area contributed by atoms with Crippen LogP contribution in [0.1, 0.15) is 11.9 Å². The van der Waals surface area contributed by atoms with Crippen molar-refractivity contribution >= 4 is 22.2 Å². The Labute approximate surface area is 162 Å². The lowest BCUT2D eigenvalue weighted by Crippen LogP contribution is -2.49. The van der Waals surface area contributed by atoms with Crippen LogP contribution in [0.5, 0.6) is 0 Å². The zero-order chi connectivity index (χ0) is 18.9. The number of rotatable bonds is 3. The van der Waals surface area contributed by atoms with Crippen molar-refractivity contribution in [3.05, 3.63) is 90.3 Å². The molecule has 2 aliphatic heterocycles. The van der Waals surface area contributed by atoms with E-state index in [1.54, 1.807) is 0 Å². The van der Waals surface area contributed by atoms with Gasteiger partial charge >= 0.3 is 0 Å². The van der Waals surface area contributed by atoms with Crippen LogP contribution in [0.25, 0.3) is 10.8 Å². The molecule has 0 unspecified atom stereocenters. The lowest BCUT2D eigenvalue weighted by molar-refractivity contribution is -0.254. The summed E-state index contributed by atoms with van der Waals surface area (Å²) in [6.45, 7) is 0.282. The zero-order valence-corrected chi connectivity index (χ0v) is 15.1. The molecule has 1 saturated heterocycles. The standard InChI is InChI=1S/C23H19NO4/c25-19-13-21(24-18-12-6-10-15-7-4-5-11-17(15)18)27-20-14-26-23(28-22(19)20)16-8-2-1-3-9-16/h1-13,20,22-24H,14H2/t20-,22+,23-/m1/s1. The number of anilines is 1. The topological polar surface area (TPSA) is 56.8 Å². The van der Waals surface area contributed by atoms with Crippen LogP contribution in [0, 0.1) is 0 Å². The first kappa shape index (κ1) is 17.0. The molecule has 2 aliphatic rings. The van der Waals surface area contributed by atoms with Gasteiger partial charge in [0.15, 0.2) is 30.2 Å². The molecule has 5 heteroatoms. The van der Waals surface area contributed by atoms with E-state index in [0.717, 1.165) is 22.0 Å². The van der Waals surface area contributed by atoms with E-state index in [0.29, 0.717) is 5.88 Å². The predicted molar refractivity (Wildman–Crippen MR) is 106 cm³/mol. The van der Waals surface area contributed by atoms with Crippen LogP contribution in [0.4, 0.5) is 5.69 Å². The highest BCUT2D eigenvalue weighted by Gasteiger charge is 2.41. The normalized spacial score (nSPS) is 24.2. The summed E-state index contributed by atoms with van der Waals surface area (Å²) in [7, 11) is 0. The van der Waals surface area contributed by atoms with Gasteiger partial charge < -0.3 is 19.5 Å². The van der Waals surface area contributed by atoms with Crippen molar-refractivity contribution in [2.75, 3.05) is 11.9 Å². The first-order valence-electron chi connectivity index (χ1n) is 9.27. The number of carbonyl (C=O) groups excluding carboxylic acids is 1. The van der Waals surface area contributed by atoms with E-state index >= 15 is 0 Å². The van der Waals surface area contributed by atoms with E-state index in [2.05, 4.69) is 5.32 Å². The zero-order valence-electron chi connectivity index (χ0n) is 15.1. The van der Waals surface area contributed by atoms with Gasteiger partial charge in [0.05, 0.1) is 6.61 Å². The molecule has 5 rings (SSSR count). The lowest BCUT2D eigenvalue weighted by atomic mass is 10.0. The summed E-state index contributed by atoms with van der Waals surface area (Å²) in [6.07, 6.45) is -0.237. The number of hydrogen-bond donors (Lipinski definition) is 1. The van der Waals surface area contributed by atoms with Gasteiger partial charge in [-0.3, -0.25) is 4.79 Å². The molecule has 0 saturated carbocycles. The molecule has 3 aromatic carbocycles. The molecule has 0 aliphatic carbocycles. The SMILES string of the molecule is O=C1C=C(Nc2cccc3ccccc23)O[C@@H]2CO[C@@H](c3ccccc3)O[C@@H]12. The predicted octanol–water partition coefficient (Wildman–Crippen LogP) is 4.18. The largest absolute Gasteiger partial charge is 0.470 e. The minimum Gasteiger partial charge on any atom is -0.470 e. The van der Waals surface area contributed by atoms with Gasteiger partial charge in [0.1, 0.15) is 0 Å². The van der Waals surface area contributed by atoms with E-state index in [1.165, 1.54) is 6.08 Å². The van der Waals surface area contributed by atoms with Crippen molar-refractivity contribution in [3.8, 4) is 0 Å². The molecule has 0 radical (unpaired) electrons. The second-order valence-electron chi connectivity index (χ2n) is 6.85. The minimum atomic E-state index is -0.669. The Balaban J connectivity index is 1.36. The first-order chi connectivity index (χ1) is 13.8. The van der Waals surface area contributed by atoms with Crippen molar-refractivity contribution in [1.29, 1.82) is 0 Å². The van der Waals surface area contributed by atoms with E-state index in [4.69, 9.17) is 14.2 Å². The molecular weight excluding hydrogens is 354 g/mol. The fraction of sp³-hybridized carbons (Fsp3) is 0.174. The second kappa shape index (κ2) is 7.11. The maximum atomic E-state index is 12.7. The summed E-state index contributed by atoms with van der Waals surface area (Å²) in [6, 6.07) is 23.6. The number of benzene rings is 3. The highest BCUT2D eigenvalue weighted by Crippen LogP contribution is 2.32. The second-order valence-corrected chi connectivity index (χ2v) is 6.85. The highest BCUT2D eigenvalue weighted by atomic mass is 16.7. The summed E-state index contributed by atoms with van der Waals surface area (Å²) in [4.78, 5) is 12.7. The third kappa shape index (κ3) is 3.15. The van der Waals surface area contributed by atoms with Crippen LogP contribution in [0.15, 0.2) is 84.8 Å². The Morgan fingerprint density at radius 3 is 2.57 bits per heavy atom. The summed E-state index contributed by atoms with van der Waals surface area (Å²) in [5.41, 5.74) is 1.77. The van der Waals surface area contributed by atoms with Crippen LogP contribution >= 0.6 is 0 Å². The molecule has 140 valence electrons. The fourth-order valence-electron chi connectivity index (χ4n) is 3.60. The number of ether oxygens (including phenoxy) is 3. The lowest BCUT2D eigenvalue weighted by Gasteiger charge is -2.38. The van der Waals surface area contributed by atoms with E-state index in [1.807, 2.05) is 72.8 Å². The van der Waals surface area contributed by atoms with Gasteiger partial charge in [-0.05, 0) is 11.5 Å². The smallest absolute Gasteiger partial charge is 0.195 e. The quantitative estimate of drug-likeness (QED) is 0.747. The van der Waals surface area contributed by atoms with Gasteiger partial charge in [-0.25, -0.2) is 0 Å². The van der Waals surface area contributed by atoms with Crippen LogP contribution in [-0.2, 0) is 19.0 Å². The molecule has 2 heterocycles. The first-order valence-corrected chi connectivity index (χ1v) is 9.27. The Kier molecular flexibility index (Phi) is 4.31. The van der Waals surface area contributed by atoms with E-state index in [9.17, 15) is 4.79 Å². The summed E-state index contributed by atoms with van der Waals surface area (Å²) < 4.78 is 17.7. The molecule has 1 N–H and O–H groups in total. The number of fused-ring (bicyclic) bond motifs is 2. The van der Waals surface area contributed by atoms with E-state index in [-0.39, 0.29) is 12.4 Å². The molecule has 5 nitrogen and oxygen atoms in total. The molecule has 1 fully saturated rings. The van der Waals surface area contributed by atoms with Crippen LogP contribution in [0.3, 0.4) is 0 Å². The summed E-state index contributed by atoms with van der Waals surface area (Å²) >= 11 is 0. The van der Waals surface area contributed by atoms with Gasteiger partial charge in [0, 0.05) is 22.7 Å². The third-order valence-corrected chi connectivity index (χ3v) is 4.97. The average Bonchev–Trinajstić information content (AvgIpc) is 2.74. The average molecular weight is 373 g/mol. The number of carbonyl (C=O) groups is 1. The minimum absolute atomic E-state index is 0.122. The van der Waals surface area contributed by atoms with Gasteiger partial charge in [-0.1, -0.05) is 66.7 Å². The molecule has 3 atom stereocenters. The maximum absolute atomic E-state index is 12.7. The number of nitrogens with one attached hydrogen (secondary N) is 1. The molecular formula is C23H19NO4. The maximum Gasteiger partial charge on any atom is 0.195 e. The number of ketones is 1. The van der Waals surface area contributed by atoms with Crippen molar-refractivity contribution in [2.45, 2.75) is 18.5 Å². The van der Waals surface area contributed by atoms with Gasteiger partial charge in [0.2, 0.25) is 0 Å². The van der Waals surface area contributed by atoms with Crippen molar-refractivity contribution in [1.82, 2.24) is 0 Å². The molecule has 3 aromatic rings. The number of hydrogen-bond acceptors (Lipinski definition) is 5. The monoisotopic (exact) mass is 373 g/mol. The molecule has 0 aromatic heterocycles. The Morgan fingerprint density at radius 1 is 0.893 bits per heavy atom. The Morgan fingerprint density at radius 2 is 1.68 bits per heavy atom. The molecule has 28 heavy (non-hydrogen) atoms. The van der Waals surface area contributed by atoms with Crippen LogP contribution < -0.4 is 5.32 Å². The molecule has 0 spiro atoms. The van der Waals surface area contributed by atoms with Crippen molar-refractivity contribution in [3.63, 3.8) is 0 Å². The highest BCUT2D eigenvalue weighted by molar-refractivity contribution is 5.97. The van der Waals surface area contributed by atoms with Gasteiger partial charge in [-0.15, -0.1) is 0 Å². The van der Waals surface area contributed by atoms with Gasteiger partial charge in [0.25, 0.3) is 0 Å². The summed E-state index contributed by atoms with van der Waals surface area (Å²) in [5, 5.41) is 5.41. The third-order valence-electron chi connectivity index (χ3n) is 4.97. The molecule has 0 bridgehead atoms. The Bertz CT molecular complexity index is 1040. The summed E-state index contributed by atoms with van der Waals surface area (Å²) in [5.74, 6) is 0.288. The van der Waals surface area contributed by atoms with Gasteiger partial charge in [-0.2, -0.15) is 0 Å². The van der Waals surface area contributed by atoms with Crippen molar-refractivity contribution in [2.24, 2.45) is 0 Å². The van der Waals surface area contributed by atoms with Crippen LogP contribution in [-0.4, -0.2) is 24.6 Å². The van der Waals surface area contributed by atoms with E-state index < -0.39 is 18.5 Å². The fourth-order valence-corrected chi connectivity index (χ4v) is 3.60.